The summed E-state index contributed by atoms with van der Waals surface area (Å²) >= 11 is 5.72. The smallest absolute Gasteiger partial charge is 0.259 e. The molecule has 1 aromatic rings. The zero-order chi connectivity index (χ0) is 21.9. The fraction of sp³-hybridized carbons (Fsp3) is 0.680. The lowest BCUT2D eigenvalue weighted by Gasteiger charge is -2.46. The first-order chi connectivity index (χ1) is 14.0. The second-order valence-corrected chi connectivity index (χ2v) is 11.5. The molecule has 5 heteroatoms. The number of carbonyl (C=O) groups is 1. The molecule has 4 rings (SSSR count). The zero-order valence-corrected chi connectivity index (χ0v) is 20.1. The van der Waals surface area contributed by atoms with Crippen LogP contribution in [0.2, 0.25) is 0 Å². The standard InChI is InChI=1S/C25H36N2O2S/c1-16(2)27-21(28)25(26-22(27)30)20-13-17(14-23(3,4)5)7-8-18(20)15-24(25)11-9-19(29-6)10-12-24/h7-8,13,16,19H,9-12,14-15H2,1-6H3,(H,26,30). The second-order valence-electron chi connectivity index (χ2n) is 11.1. The van der Waals surface area contributed by atoms with Crippen molar-refractivity contribution in [1.29, 1.82) is 0 Å². The quantitative estimate of drug-likeness (QED) is 0.707. The maximum Gasteiger partial charge on any atom is 0.259 e. The SMILES string of the molecule is COC1CCC2(CC1)Cc1ccc(CC(C)(C)C)cc1C21NC(=S)N(C(C)C)C1=O. The number of amides is 1. The molecule has 3 aliphatic rings. The molecule has 4 nitrogen and oxygen atoms in total. The van der Waals surface area contributed by atoms with Crippen LogP contribution in [0.4, 0.5) is 0 Å². The average Bonchev–Trinajstić information content (AvgIpc) is 3.07. The van der Waals surface area contributed by atoms with E-state index < -0.39 is 5.54 Å². The third-order valence-corrected chi connectivity index (χ3v) is 7.73. The molecule has 2 aliphatic carbocycles. The van der Waals surface area contributed by atoms with Crippen LogP contribution in [0.25, 0.3) is 0 Å². The summed E-state index contributed by atoms with van der Waals surface area (Å²) in [5.74, 6) is 0.144. The van der Waals surface area contributed by atoms with Crippen LogP contribution >= 0.6 is 12.2 Å². The Bertz CT molecular complexity index is 864. The minimum atomic E-state index is -0.740. The number of thiocarbonyl (C=S) groups is 1. The minimum Gasteiger partial charge on any atom is -0.381 e. The van der Waals surface area contributed by atoms with Crippen LogP contribution < -0.4 is 5.32 Å². The highest BCUT2D eigenvalue weighted by atomic mass is 32.1. The van der Waals surface area contributed by atoms with Crippen LogP contribution in [-0.4, -0.2) is 35.2 Å². The molecule has 0 aromatic heterocycles. The van der Waals surface area contributed by atoms with Crippen LogP contribution in [0.5, 0.6) is 0 Å². The number of fused-ring (bicyclic) bond motifs is 3. The van der Waals surface area contributed by atoms with Gasteiger partial charge in [-0.15, -0.1) is 0 Å². The summed E-state index contributed by atoms with van der Waals surface area (Å²) < 4.78 is 5.66. The van der Waals surface area contributed by atoms with Crippen LogP contribution in [0.15, 0.2) is 18.2 Å². The third-order valence-electron chi connectivity index (χ3n) is 7.43. The van der Waals surface area contributed by atoms with Gasteiger partial charge < -0.3 is 10.1 Å². The summed E-state index contributed by atoms with van der Waals surface area (Å²) in [6.07, 6.45) is 6.14. The van der Waals surface area contributed by atoms with E-state index in [0.29, 0.717) is 5.11 Å². The Labute approximate surface area is 186 Å². The molecular formula is C25H36N2O2S. The van der Waals surface area contributed by atoms with E-state index in [4.69, 9.17) is 17.0 Å². The van der Waals surface area contributed by atoms with Crippen LogP contribution in [0, 0.1) is 10.8 Å². The van der Waals surface area contributed by atoms with E-state index in [1.54, 1.807) is 7.11 Å². The first-order valence-corrected chi connectivity index (χ1v) is 11.7. The van der Waals surface area contributed by atoms with Crippen molar-refractivity contribution in [1.82, 2.24) is 10.2 Å². The Morgan fingerprint density at radius 2 is 1.93 bits per heavy atom. The number of nitrogens with zero attached hydrogens (tertiary/aromatic N) is 1. The van der Waals surface area contributed by atoms with Gasteiger partial charge in [-0.3, -0.25) is 9.69 Å². The summed E-state index contributed by atoms with van der Waals surface area (Å²) in [4.78, 5) is 15.9. The van der Waals surface area contributed by atoms with Crippen molar-refractivity contribution < 1.29 is 9.53 Å². The lowest BCUT2D eigenvalue weighted by atomic mass is 9.61. The Kier molecular flexibility index (Phi) is 5.30. The van der Waals surface area contributed by atoms with Gasteiger partial charge in [0.1, 0.15) is 0 Å². The van der Waals surface area contributed by atoms with Crippen molar-refractivity contribution in [2.45, 2.75) is 90.8 Å². The lowest BCUT2D eigenvalue weighted by Crippen LogP contribution is -2.57. The van der Waals surface area contributed by atoms with E-state index in [0.717, 1.165) is 44.1 Å². The molecule has 1 heterocycles. The third kappa shape index (κ3) is 3.20. The predicted molar refractivity (Wildman–Crippen MR) is 124 cm³/mol. The highest BCUT2D eigenvalue weighted by Crippen LogP contribution is 2.60. The van der Waals surface area contributed by atoms with E-state index >= 15 is 0 Å². The first kappa shape index (κ1) is 21.8. The van der Waals surface area contributed by atoms with E-state index in [9.17, 15) is 4.79 Å². The average molecular weight is 429 g/mol. The van der Waals surface area contributed by atoms with Gasteiger partial charge in [-0.25, -0.2) is 0 Å². The van der Waals surface area contributed by atoms with Gasteiger partial charge in [-0.2, -0.15) is 0 Å². The Hall–Kier alpha value is -1.46. The number of hydrogen-bond acceptors (Lipinski definition) is 3. The minimum absolute atomic E-state index is 0.0473. The molecule has 0 bridgehead atoms. The molecule has 1 amide bonds. The van der Waals surface area contributed by atoms with Crippen molar-refractivity contribution in [2.75, 3.05) is 7.11 Å². The Balaban J connectivity index is 1.84. The fourth-order valence-electron chi connectivity index (χ4n) is 6.12. The molecular weight excluding hydrogens is 392 g/mol. The second kappa shape index (κ2) is 7.30. The van der Waals surface area contributed by atoms with Crippen LogP contribution in [0.1, 0.15) is 77.0 Å². The number of nitrogens with one attached hydrogen (secondary N) is 1. The normalized spacial score (nSPS) is 31.2. The molecule has 0 radical (unpaired) electrons. The van der Waals surface area contributed by atoms with E-state index in [-0.39, 0.29) is 28.9 Å². The maximum atomic E-state index is 14.1. The Morgan fingerprint density at radius 3 is 2.47 bits per heavy atom. The number of benzene rings is 1. The number of rotatable bonds is 3. The van der Waals surface area contributed by atoms with E-state index in [1.165, 1.54) is 11.1 Å². The molecule has 30 heavy (non-hydrogen) atoms. The molecule has 1 aliphatic heterocycles. The van der Waals surface area contributed by atoms with Crippen molar-refractivity contribution in [2.24, 2.45) is 10.8 Å². The molecule has 1 aromatic carbocycles. The van der Waals surface area contributed by atoms with Gasteiger partial charge in [-0.1, -0.05) is 39.0 Å². The summed E-state index contributed by atoms with van der Waals surface area (Å²) in [5.41, 5.74) is 3.08. The van der Waals surface area contributed by atoms with Gasteiger partial charge >= 0.3 is 0 Å². The highest BCUT2D eigenvalue weighted by Gasteiger charge is 2.67. The highest BCUT2D eigenvalue weighted by molar-refractivity contribution is 7.80. The molecule has 1 saturated heterocycles. The lowest BCUT2D eigenvalue weighted by molar-refractivity contribution is -0.139. The molecule has 164 valence electrons. The summed E-state index contributed by atoms with van der Waals surface area (Å²) in [5, 5.41) is 4.20. The van der Waals surface area contributed by atoms with Gasteiger partial charge in [0.05, 0.1) is 6.10 Å². The monoisotopic (exact) mass is 428 g/mol. The van der Waals surface area contributed by atoms with Crippen molar-refractivity contribution in [3.05, 3.63) is 34.9 Å². The van der Waals surface area contributed by atoms with Gasteiger partial charge in [0.2, 0.25) is 0 Å². The number of carbonyl (C=O) groups excluding carboxylic acids is 1. The summed E-state index contributed by atoms with van der Waals surface area (Å²) in [6.45, 7) is 10.9. The predicted octanol–water partition coefficient (Wildman–Crippen LogP) is 4.73. The largest absolute Gasteiger partial charge is 0.381 e. The van der Waals surface area contributed by atoms with Gasteiger partial charge in [0.25, 0.3) is 5.91 Å². The molecule has 1 unspecified atom stereocenters. The molecule has 1 saturated carbocycles. The molecule has 2 spiro atoms. The maximum absolute atomic E-state index is 14.1. The Morgan fingerprint density at radius 1 is 1.27 bits per heavy atom. The van der Waals surface area contributed by atoms with Crippen LogP contribution in [0.3, 0.4) is 0 Å². The summed E-state index contributed by atoms with van der Waals surface area (Å²) in [7, 11) is 1.80. The number of ether oxygens (including phenoxy) is 1. The topological polar surface area (TPSA) is 41.6 Å². The number of hydrogen-bond donors (Lipinski definition) is 1. The van der Waals surface area contributed by atoms with Crippen molar-refractivity contribution >= 4 is 23.2 Å². The van der Waals surface area contributed by atoms with Gasteiger partial charge in [0.15, 0.2) is 10.7 Å². The first-order valence-electron chi connectivity index (χ1n) is 11.3. The zero-order valence-electron chi connectivity index (χ0n) is 19.3. The van der Waals surface area contributed by atoms with Crippen LogP contribution in [-0.2, 0) is 27.9 Å². The molecule has 2 fully saturated rings. The van der Waals surface area contributed by atoms with Crippen molar-refractivity contribution in [3.63, 3.8) is 0 Å². The van der Waals surface area contributed by atoms with Gasteiger partial charge in [-0.05, 0) is 86.7 Å². The van der Waals surface area contributed by atoms with E-state index in [2.05, 4.69) is 44.3 Å². The molecule has 1 atom stereocenters. The summed E-state index contributed by atoms with van der Waals surface area (Å²) in [6, 6.07) is 6.88. The fourth-order valence-corrected chi connectivity index (χ4v) is 6.57. The molecule has 1 N–H and O–H groups in total. The van der Waals surface area contributed by atoms with Crippen molar-refractivity contribution in [3.8, 4) is 0 Å². The van der Waals surface area contributed by atoms with Gasteiger partial charge in [0, 0.05) is 18.6 Å². The van der Waals surface area contributed by atoms with E-state index in [1.807, 2.05) is 18.7 Å². The number of methoxy groups -OCH3 is 1.